The van der Waals surface area contributed by atoms with E-state index in [0.717, 1.165) is 21.9 Å². The molecule has 1 aliphatic rings. The highest BCUT2D eigenvalue weighted by Gasteiger charge is 2.44. The maximum Gasteiger partial charge on any atom is 0.433 e. The van der Waals surface area contributed by atoms with Gasteiger partial charge in [-0.3, -0.25) is 4.79 Å². The van der Waals surface area contributed by atoms with Gasteiger partial charge in [-0.05, 0) is 42.8 Å². The van der Waals surface area contributed by atoms with Crippen molar-refractivity contribution in [2.24, 2.45) is 0 Å². The fraction of sp³-hybridized carbons (Fsp3) is 0.368. The van der Waals surface area contributed by atoms with Gasteiger partial charge in [0, 0.05) is 19.3 Å². The minimum atomic E-state index is -5.15. The highest BCUT2D eigenvalue weighted by molar-refractivity contribution is 5.99. The first-order valence-electron chi connectivity index (χ1n) is 8.93. The van der Waals surface area contributed by atoms with E-state index >= 15 is 0 Å². The lowest BCUT2D eigenvalue weighted by atomic mass is 10.1. The van der Waals surface area contributed by atoms with Crippen LogP contribution in [0.15, 0.2) is 36.4 Å². The van der Waals surface area contributed by atoms with Gasteiger partial charge in [0.1, 0.15) is 23.4 Å². The van der Waals surface area contributed by atoms with Crippen LogP contribution in [0.4, 0.5) is 42.2 Å². The van der Waals surface area contributed by atoms with Gasteiger partial charge in [-0.25, -0.2) is 9.37 Å². The van der Waals surface area contributed by atoms with Crippen molar-refractivity contribution in [2.75, 3.05) is 23.4 Å². The molecule has 0 spiro atoms. The summed E-state index contributed by atoms with van der Waals surface area (Å²) < 4.78 is 92.0. The van der Waals surface area contributed by atoms with Crippen molar-refractivity contribution in [3.8, 4) is 0 Å². The largest absolute Gasteiger partial charge is 0.433 e. The topological polar surface area (TPSA) is 56.7 Å². The first-order valence-corrected chi connectivity index (χ1v) is 8.93. The zero-order valence-electron chi connectivity index (χ0n) is 15.9. The van der Waals surface area contributed by atoms with Crippen molar-refractivity contribution in [3.63, 3.8) is 0 Å². The smallest absolute Gasteiger partial charge is 0.390 e. The molecule has 0 unspecified atom stereocenters. The van der Waals surface area contributed by atoms with Crippen LogP contribution in [-0.4, -0.2) is 41.7 Å². The van der Waals surface area contributed by atoms with Gasteiger partial charge >= 0.3 is 12.4 Å². The van der Waals surface area contributed by atoms with Gasteiger partial charge in [0.05, 0.1) is 11.7 Å². The molecule has 12 heteroatoms. The van der Waals surface area contributed by atoms with Crippen molar-refractivity contribution in [3.05, 3.63) is 53.5 Å². The van der Waals surface area contributed by atoms with Crippen LogP contribution in [0.5, 0.6) is 0 Å². The fourth-order valence-corrected chi connectivity index (χ4v) is 3.29. The predicted molar refractivity (Wildman–Crippen MR) is 95.8 cm³/mol. The van der Waals surface area contributed by atoms with E-state index in [-0.39, 0.29) is 24.7 Å². The Bertz CT molecular complexity index is 928. The number of hydrogen-bond acceptors (Lipinski definition) is 4. The number of hydrogen-bond donors (Lipinski definition) is 1. The Labute approximate surface area is 171 Å². The molecule has 0 saturated carbocycles. The van der Waals surface area contributed by atoms with Gasteiger partial charge in [-0.1, -0.05) is 0 Å². The number of carbonyl (C=O) groups is 1. The van der Waals surface area contributed by atoms with Crippen molar-refractivity contribution in [2.45, 2.75) is 30.9 Å². The van der Waals surface area contributed by atoms with Crippen LogP contribution in [0, 0.1) is 5.82 Å². The number of nitrogens with zero attached hydrogens (tertiary/aromatic N) is 3. The van der Waals surface area contributed by atoms with E-state index in [1.54, 1.807) is 0 Å². The monoisotopic (exact) mass is 451 g/mol. The Hall–Kier alpha value is -2.89. The summed E-state index contributed by atoms with van der Waals surface area (Å²) in [6.07, 6.45) is -11.7. The van der Waals surface area contributed by atoms with Crippen molar-refractivity contribution < 1.29 is 40.6 Å². The van der Waals surface area contributed by atoms with E-state index in [9.17, 15) is 40.6 Å². The summed E-state index contributed by atoms with van der Waals surface area (Å²) >= 11 is 0. The molecule has 1 fully saturated rings. The quantitative estimate of drug-likeness (QED) is 0.721. The average molecular weight is 451 g/mol. The number of anilines is 2. The predicted octanol–water partition coefficient (Wildman–Crippen LogP) is 3.86. The Morgan fingerprint density at radius 3 is 2.26 bits per heavy atom. The molecule has 5 nitrogen and oxygen atoms in total. The molecule has 2 aromatic rings. The van der Waals surface area contributed by atoms with Crippen molar-refractivity contribution in [1.82, 2.24) is 4.98 Å². The van der Waals surface area contributed by atoms with Crippen LogP contribution >= 0.6 is 0 Å². The van der Waals surface area contributed by atoms with E-state index in [4.69, 9.17) is 0 Å². The lowest BCUT2D eigenvalue weighted by Gasteiger charge is -2.30. The lowest BCUT2D eigenvalue weighted by Crippen LogP contribution is -2.49. The number of aliphatic hydroxyl groups is 1. The SMILES string of the molecule is CN(C(=O)[C@@H]1[C@@H](O)CCN1c1cc(C(F)(F)F)cc(C(F)(F)F)n1)c1ccc(F)cc1. The second-order valence-electron chi connectivity index (χ2n) is 6.96. The molecule has 1 aliphatic heterocycles. The molecule has 2 atom stereocenters. The second kappa shape index (κ2) is 7.98. The summed E-state index contributed by atoms with van der Waals surface area (Å²) in [6, 6.07) is 3.50. The number of amides is 1. The van der Waals surface area contributed by atoms with E-state index in [1.165, 1.54) is 19.2 Å². The highest BCUT2D eigenvalue weighted by Crippen LogP contribution is 2.38. The average Bonchev–Trinajstić information content (AvgIpc) is 3.07. The zero-order chi connectivity index (χ0) is 23.1. The molecule has 1 saturated heterocycles. The first kappa shape index (κ1) is 22.8. The van der Waals surface area contributed by atoms with Crippen LogP contribution in [-0.2, 0) is 17.1 Å². The number of halogens is 7. The number of alkyl halides is 6. The van der Waals surface area contributed by atoms with Gasteiger partial charge in [-0.2, -0.15) is 26.3 Å². The van der Waals surface area contributed by atoms with Crippen LogP contribution in [0.3, 0.4) is 0 Å². The van der Waals surface area contributed by atoms with Crippen LogP contribution in [0.2, 0.25) is 0 Å². The van der Waals surface area contributed by atoms with Gasteiger partial charge in [0.15, 0.2) is 0 Å². The van der Waals surface area contributed by atoms with E-state index < -0.39 is 53.3 Å². The Kier molecular flexibility index (Phi) is 5.87. The van der Waals surface area contributed by atoms with E-state index in [1.807, 2.05) is 0 Å². The number of benzene rings is 1. The second-order valence-corrected chi connectivity index (χ2v) is 6.96. The molecular weight excluding hydrogens is 435 g/mol. The molecule has 168 valence electrons. The number of rotatable bonds is 3. The van der Waals surface area contributed by atoms with Crippen LogP contribution in [0.25, 0.3) is 0 Å². The van der Waals surface area contributed by atoms with Crippen molar-refractivity contribution >= 4 is 17.4 Å². The molecule has 2 heterocycles. The summed E-state index contributed by atoms with van der Waals surface area (Å²) in [5.74, 6) is -2.10. The third-order valence-corrected chi connectivity index (χ3v) is 4.89. The minimum absolute atomic E-state index is 0.0764. The van der Waals surface area contributed by atoms with Crippen LogP contribution < -0.4 is 9.80 Å². The summed E-state index contributed by atoms with van der Waals surface area (Å²) in [5.41, 5.74) is -3.13. The molecule has 1 N–H and O–H groups in total. The molecule has 1 amide bonds. The Balaban J connectivity index is 2.01. The van der Waals surface area contributed by atoms with Crippen LogP contribution in [0.1, 0.15) is 17.7 Å². The first-order chi connectivity index (χ1) is 14.3. The third-order valence-electron chi connectivity index (χ3n) is 4.89. The standard InChI is InChI=1S/C19H16F7N3O2/c1-28(12-4-2-11(20)3-5-12)17(31)16-13(30)6-7-29(16)15-9-10(18(21,22)23)8-14(27-15)19(24,25)26/h2-5,8-9,13,16,30H,6-7H2,1H3/t13-,16-/m0/s1. The number of carbonyl (C=O) groups excluding carboxylic acids is 1. The number of likely N-dealkylation sites (N-methyl/N-ethyl adjacent to an activating group) is 1. The third kappa shape index (κ3) is 4.73. The number of aliphatic hydroxyl groups excluding tert-OH is 1. The van der Waals surface area contributed by atoms with Gasteiger partial charge < -0.3 is 14.9 Å². The van der Waals surface area contributed by atoms with E-state index in [2.05, 4.69) is 4.98 Å². The number of aromatic nitrogens is 1. The summed E-state index contributed by atoms with van der Waals surface area (Å²) in [7, 11) is 1.29. The summed E-state index contributed by atoms with van der Waals surface area (Å²) in [5, 5.41) is 10.3. The number of pyridine rings is 1. The maximum atomic E-state index is 13.2. The highest BCUT2D eigenvalue weighted by atomic mass is 19.4. The maximum absolute atomic E-state index is 13.2. The normalized spacial score (nSPS) is 19.6. The lowest BCUT2D eigenvalue weighted by molar-refractivity contribution is -0.145. The van der Waals surface area contributed by atoms with Crippen molar-refractivity contribution in [1.29, 1.82) is 0 Å². The van der Waals surface area contributed by atoms with Gasteiger partial charge in [0.25, 0.3) is 5.91 Å². The molecule has 1 aromatic heterocycles. The fourth-order valence-electron chi connectivity index (χ4n) is 3.29. The molecular formula is C19H16F7N3O2. The van der Waals surface area contributed by atoms with Gasteiger partial charge in [-0.15, -0.1) is 0 Å². The molecule has 0 aliphatic carbocycles. The molecule has 0 bridgehead atoms. The molecule has 0 radical (unpaired) electrons. The molecule has 1 aromatic carbocycles. The summed E-state index contributed by atoms with van der Waals surface area (Å²) in [4.78, 5) is 18.2. The minimum Gasteiger partial charge on any atom is -0.390 e. The van der Waals surface area contributed by atoms with Gasteiger partial charge in [0.2, 0.25) is 0 Å². The summed E-state index contributed by atoms with van der Waals surface area (Å²) in [6.45, 7) is -0.194. The molecule has 31 heavy (non-hydrogen) atoms. The van der Waals surface area contributed by atoms with E-state index in [0.29, 0.717) is 6.07 Å². The Morgan fingerprint density at radius 2 is 1.71 bits per heavy atom. The zero-order valence-corrected chi connectivity index (χ0v) is 15.9. The molecule has 3 rings (SSSR count). The Morgan fingerprint density at radius 1 is 1.10 bits per heavy atom.